The molecule has 0 aromatic heterocycles. The lowest BCUT2D eigenvalue weighted by molar-refractivity contribution is -0.0821. The topological polar surface area (TPSA) is 89.0 Å². The van der Waals surface area contributed by atoms with Crippen LogP contribution in [0.5, 0.6) is 0 Å². The van der Waals surface area contributed by atoms with Crippen LogP contribution in [0.1, 0.15) is 26.7 Å². The lowest BCUT2D eigenvalue weighted by atomic mass is 10.1. The SMILES string of the molecule is CC(CCN)O[C@H]1COC2C1OC[C@H]2OC(C)CCN. The first kappa shape index (κ1) is 16.1. The molecule has 2 aliphatic rings. The second kappa shape index (κ2) is 7.68. The highest BCUT2D eigenvalue weighted by Gasteiger charge is 2.49. The Morgan fingerprint density at radius 2 is 1.30 bits per heavy atom. The van der Waals surface area contributed by atoms with Gasteiger partial charge in [0.05, 0.1) is 25.4 Å². The molecule has 0 spiro atoms. The van der Waals surface area contributed by atoms with Crippen LogP contribution in [-0.4, -0.2) is 62.9 Å². The Balaban J connectivity index is 1.81. The van der Waals surface area contributed by atoms with Crippen molar-refractivity contribution in [3.8, 4) is 0 Å². The van der Waals surface area contributed by atoms with Gasteiger partial charge in [0.25, 0.3) is 0 Å². The zero-order chi connectivity index (χ0) is 14.5. The van der Waals surface area contributed by atoms with Crippen LogP contribution in [0, 0.1) is 0 Å². The van der Waals surface area contributed by atoms with E-state index in [0.717, 1.165) is 12.8 Å². The van der Waals surface area contributed by atoms with Gasteiger partial charge in [-0.2, -0.15) is 0 Å². The normalized spacial score (nSPS) is 36.0. The van der Waals surface area contributed by atoms with Crippen LogP contribution in [0.2, 0.25) is 0 Å². The van der Waals surface area contributed by atoms with Crippen molar-refractivity contribution < 1.29 is 18.9 Å². The first-order valence-corrected chi connectivity index (χ1v) is 7.60. The maximum atomic E-state index is 5.96. The molecular weight excluding hydrogens is 260 g/mol. The van der Waals surface area contributed by atoms with E-state index in [4.69, 9.17) is 30.4 Å². The number of rotatable bonds is 8. The number of ether oxygens (including phenoxy) is 4. The average Bonchev–Trinajstić information content (AvgIpc) is 2.95. The Bertz CT molecular complexity index is 264. The van der Waals surface area contributed by atoms with E-state index in [1.807, 2.05) is 13.8 Å². The highest BCUT2D eigenvalue weighted by molar-refractivity contribution is 4.96. The predicted octanol–water partition coefficient (Wildman–Crippen LogP) is 0.0290. The summed E-state index contributed by atoms with van der Waals surface area (Å²) < 4.78 is 23.6. The molecule has 6 heteroatoms. The van der Waals surface area contributed by atoms with Crippen molar-refractivity contribution in [2.75, 3.05) is 26.3 Å². The minimum Gasteiger partial charge on any atom is -0.370 e. The number of hydrogen-bond acceptors (Lipinski definition) is 6. The molecule has 2 fully saturated rings. The maximum absolute atomic E-state index is 5.96. The minimum atomic E-state index is -0.0229. The summed E-state index contributed by atoms with van der Waals surface area (Å²) in [7, 11) is 0. The van der Waals surface area contributed by atoms with Crippen LogP contribution in [0.4, 0.5) is 0 Å². The van der Waals surface area contributed by atoms with Crippen LogP contribution in [0.25, 0.3) is 0 Å². The second-order valence-electron chi connectivity index (χ2n) is 5.72. The van der Waals surface area contributed by atoms with Gasteiger partial charge >= 0.3 is 0 Å². The highest BCUT2D eigenvalue weighted by Crippen LogP contribution is 2.31. The van der Waals surface area contributed by atoms with Gasteiger partial charge in [-0.3, -0.25) is 0 Å². The molecule has 0 aromatic rings. The lowest BCUT2D eigenvalue weighted by Crippen LogP contribution is -2.37. The molecule has 0 aromatic carbocycles. The Kier molecular flexibility index (Phi) is 6.20. The summed E-state index contributed by atoms with van der Waals surface area (Å²) in [4.78, 5) is 0. The lowest BCUT2D eigenvalue weighted by Gasteiger charge is -2.22. The van der Waals surface area contributed by atoms with E-state index < -0.39 is 0 Å². The highest BCUT2D eigenvalue weighted by atomic mass is 16.6. The van der Waals surface area contributed by atoms with Gasteiger partial charge in [-0.1, -0.05) is 0 Å². The summed E-state index contributed by atoms with van der Waals surface area (Å²) in [5.41, 5.74) is 11.1. The molecule has 4 N–H and O–H groups in total. The summed E-state index contributed by atoms with van der Waals surface area (Å²) >= 11 is 0. The smallest absolute Gasteiger partial charge is 0.115 e. The van der Waals surface area contributed by atoms with Gasteiger partial charge in [-0.15, -0.1) is 0 Å². The molecule has 0 radical (unpaired) electrons. The molecule has 2 heterocycles. The van der Waals surface area contributed by atoms with Crippen LogP contribution < -0.4 is 11.5 Å². The van der Waals surface area contributed by atoms with Gasteiger partial charge in [0.1, 0.15) is 24.4 Å². The first-order valence-electron chi connectivity index (χ1n) is 7.60. The van der Waals surface area contributed by atoms with Crippen LogP contribution in [0.15, 0.2) is 0 Å². The van der Waals surface area contributed by atoms with Crippen LogP contribution in [-0.2, 0) is 18.9 Å². The summed E-state index contributed by atoms with van der Waals surface area (Å²) in [5, 5.41) is 0. The van der Waals surface area contributed by atoms with Crippen molar-refractivity contribution in [3.63, 3.8) is 0 Å². The van der Waals surface area contributed by atoms with Gasteiger partial charge in [-0.05, 0) is 39.8 Å². The van der Waals surface area contributed by atoms with E-state index in [1.165, 1.54) is 0 Å². The Labute approximate surface area is 121 Å². The van der Waals surface area contributed by atoms with Crippen molar-refractivity contribution in [2.24, 2.45) is 11.5 Å². The van der Waals surface area contributed by atoms with Crippen molar-refractivity contribution in [1.82, 2.24) is 0 Å². The van der Waals surface area contributed by atoms with Gasteiger partial charge in [0.15, 0.2) is 0 Å². The van der Waals surface area contributed by atoms with Gasteiger partial charge < -0.3 is 30.4 Å². The molecular formula is C14H28N2O4. The number of fused-ring (bicyclic) bond motifs is 1. The fraction of sp³-hybridized carbons (Fsp3) is 1.00. The first-order chi connectivity index (χ1) is 9.65. The molecule has 6 atom stereocenters. The van der Waals surface area contributed by atoms with E-state index >= 15 is 0 Å². The van der Waals surface area contributed by atoms with Crippen molar-refractivity contribution in [2.45, 2.75) is 63.3 Å². The summed E-state index contributed by atoms with van der Waals surface area (Å²) in [6.07, 6.45) is 1.89. The van der Waals surface area contributed by atoms with Crippen LogP contribution in [0.3, 0.4) is 0 Å². The Morgan fingerprint density at radius 1 is 0.900 bits per heavy atom. The van der Waals surface area contributed by atoms with E-state index in [1.54, 1.807) is 0 Å². The summed E-state index contributed by atoms with van der Waals surface area (Å²) in [5.74, 6) is 0. The third-order valence-corrected chi connectivity index (χ3v) is 3.92. The third kappa shape index (κ3) is 3.90. The zero-order valence-electron chi connectivity index (χ0n) is 12.5. The Hall–Kier alpha value is -0.240. The molecule has 4 unspecified atom stereocenters. The fourth-order valence-corrected chi connectivity index (χ4v) is 2.86. The van der Waals surface area contributed by atoms with E-state index in [-0.39, 0.29) is 36.6 Å². The minimum absolute atomic E-state index is 0.0139. The molecule has 20 heavy (non-hydrogen) atoms. The molecule has 0 amide bonds. The van der Waals surface area contributed by atoms with E-state index in [0.29, 0.717) is 26.3 Å². The molecule has 118 valence electrons. The van der Waals surface area contributed by atoms with Gasteiger partial charge in [0, 0.05) is 0 Å². The van der Waals surface area contributed by atoms with Gasteiger partial charge in [0.2, 0.25) is 0 Å². The van der Waals surface area contributed by atoms with Crippen molar-refractivity contribution >= 4 is 0 Å². The monoisotopic (exact) mass is 288 g/mol. The number of hydrogen-bond donors (Lipinski definition) is 2. The molecule has 0 aliphatic carbocycles. The maximum Gasteiger partial charge on any atom is 0.115 e. The summed E-state index contributed by atoms with van der Waals surface area (Å²) in [6, 6.07) is 0. The molecule has 2 aliphatic heterocycles. The van der Waals surface area contributed by atoms with Crippen LogP contribution >= 0.6 is 0 Å². The van der Waals surface area contributed by atoms with E-state index in [2.05, 4.69) is 0 Å². The zero-order valence-corrected chi connectivity index (χ0v) is 12.5. The largest absolute Gasteiger partial charge is 0.370 e. The Morgan fingerprint density at radius 3 is 1.65 bits per heavy atom. The molecule has 2 rings (SSSR count). The summed E-state index contributed by atoms with van der Waals surface area (Å²) in [6.45, 7) is 6.46. The molecule has 0 bridgehead atoms. The van der Waals surface area contributed by atoms with Crippen molar-refractivity contribution in [1.29, 1.82) is 0 Å². The standard InChI is InChI=1S/C14H28N2O4/c1-9(3-5-15)19-11-7-17-14-12(8-18-13(11)14)20-10(2)4-6-16/h9-14H,3-8,15-16H2,1-2H3/t9?,10?,11-,12+,13?,14?. The molecule has 6 nitrogen and oxygen atoms in total. The van der Waals surface area contributed by atoms with Gasteiger partial charge in [-0.25, -0.2) is 0 Å². The van der Waals surface area contributed by atoms with E-state index in [9.17, 15) is 0 Å². The average molecular weight is 288 g/mol. The third-order valence-electron chi connectivity index (χ3n) is 3.92. The quantitative estimate of drug-likeness (QED) is 0.655. The fourth-order valence-electron chi connectivity index (χ4n) is 2.86. The molecule has 0 saturated carbocycles. The number of nitrogens with two attached hydrogens (primary N) is 2. The van der Waals surface area contributed by atoms with Crippen molar-refractivity contribution in [3.05, 3.63) is 0 Å². The predicted molar refractivity (Wildman–Crippen MR) is 75.5 cm³/mol. The second-order valence-corrected chi connectivity index (χ2v) is 5.72. The molecule has 2 saturated heterocycles.